The number of nitrogens with zero attached hydrogens (tertiary/aromatic N) is 2. The molecule has 7 nitrogen and oxygen atoms in total. The largest absolute Gasteiger partial charge is 0.494 e. The Morgan fingerprint density at radius 2 is 2.22 bits per heavy atom. The average molecular weight is 320 g/mol. The molecule has 0 radical (unpaired) electrons. The van der Waals surface area contributed by atoms with Crippen LogP contribution >= 0.6 is 0 Å². The Morgan fingerprint density at radius 1 is 1.48 bits per heavy atom. The molecule has 3 N–H and O–H groups in total. The zero-order chi connectivity index (χ0) is 17.3. The van der Waals surface area contributed by atoms with Crippen molar-refractivity contribution in [1.29, 1.82) is 0 Å². The number of benzene rings is 1. The highest BCUT2D eigenvalue weighted by Gasteiger charge is 2.23. The van der Waals surface area contributed by atoms with Gasteiger partial charge in [0.15, 0.2) is 0 Å². The fourth-order valence-electron chi connectivity index (χ4n) is 3.02. The third kappa shape index (κ3) is 3.24. The molecule has 0 aliphatic heterocycles. The minimum atomic E-state index is -1.17. The van der Waals surface area contributed by atoms with Crippen LogP contribution in [0.1, 0.15) is 33.1 Å². The van der Waals surface area contributed by atoms with E-state index in [1.54, 1.807) is 23.0 Å². The van der Waals surface area contributed by atoms with Crippen LogP contribution in [0.3, 0.4) is 0 Å². The van der Waals surface area contributed by atoms with E-state index >= 15 is 0 Å². The number of carbonyl (C=O) groups is 1. The van der Waals surface area contributed by atoms with Crippen LogP contribution in [0.15, 0.2) is 18.3 Å². The minimum absolute atomic E-state index is 0.165. The van der Waals surface area contributed by atoms with Crippen molar-refractivity contribution in [2.24, 2.45) is 5.92 Å². The van der Waals surface area contributed by atoms with Gasteiger partial charge in [-0.3, -0.25) is 10.00 Å². The van der Waals surface area contributed by atoms with Crippen LogP contribution in [-0.4, -0.2) is 39.8 Å². The molecule has 0 bridgehead atoms. The molecule has 1 aromatic heterocycles. The van der Waals surface area contributed by atoms with Crippen molar-refractivity contribution in [3.63, 3.8) is 0 Å². The molecular weight excluding hydrogens is 298 g/mol. The topological polar surface area (TPSA) is 96.6 Å². The van der Waals surface area contributed by atoms with Gasteiger partial charge >= 0.3 is 6.09 Å². The van der Waals surface area contributed by atoms with Gasteiger partial charge in [0, 0.05) is 24.3 Å². The maximum atomic E-state index is 10.9. The van der Waals surface area contributed by atoms with E-state index in [0.29, 0.717) is 29.8 Å². The summed E-state index contributed by atoms with van der Waals surface area (Å²) in [6.07, 6.45) is 3.46. The molecule has 7 heteroatoms. The minimum Gasteiger partial charge on any atom is -0.494 e. The highest BCUT2D eigenvalue weighted by molar-refractivity contribution is 5.92. The van der Waals surface area contributed by atoms with Crippen LogP contribution in [0.25, 0.3) is 10.9 Å². The summed E-state index contributed by atoms with van der Waals surface area (Å²) in [5.74, 6) is 0.651. The van der Waals surface area contributed by atoms with Crippen LogP contribution in [-0.2, 0) is 0 Å². The highest BCUT2D eigenvalue weighted by Crippen LogP contribution is 2.34. The molecule has 0 unspecified atom stereocenters. The quantitative estimate of drug-likeness (QED) is 0.805. The van der Waals surface area contributed by atoms with Gasteiger partial charge < -0.3 is 14.9 Å². The molecular formula is C16H21N3O4. The summed E-state index contributed by atoms with van der Waals surface area (Å²) < 4.78 is 15.6. The Bertz CT molecular complexity index is 753. The van der Waals surface area contributed by atoms with Gasteiger partial charge in [0.25, 0.3) is 0 Å². The van der Waals surface area contributed by atoms with Gasteiger partial charge in [0.05, 0.1) is 25.7 Å². The fourth-order valence-corrected chi connectivity index (χ4v) is 3.02. The number of fused-ring (bicyclic) bond motifs is 1. The number of anilines is 1. The number of amides is 1. The molecule has 3 rings (SSSR count). The molecule has 1 aromatic carbocycles. The predicted octanol–water partition coefficient (Wildman–Crippen LogP) is 2.86. The van der Waals surface area contributed by atoms with Gasteiger partial charge in [-0.15, -0.1) is 0 Å². The average Bonchev–Trinajstić information content (AvgIpc) is 2.98. The summed E-state index contributed by atoms with van der Waals surface area (Å²) >= 11 is 0. The first-order chi connectivity index (χ1) is 11.4. The molecule has 1 aliphatic rings. The number of carboxylic acid groups (broad SMARTS) is 1. The Morgan fingerprint density at radius 3 is 2.83 bits per heavy atom. The van der Waals surface area contributed by atoms with E-state index in [2.05, 4.69) is 10.4 Å². The number of aromatic nitrogens is 2. The van der Waals surface area contributed by atoms with Gasteiger partial charge in [-0.2, -0.15) is 5.10 Å². The van der Waals surface area contributed by atoms with Crippen molar-refractivity contribution in [3.8, 4) is 5.75 Å². The first-order valence-electron chi connectivity index (χ1n) is 8.14. The van der Waals surface area contributed by atoms with E-state index in [-0.39, 0.29) is 12.5 Å². The number of nitrogens with one attached hydrogen (secondary N) is 1. The lowest BCUT2D eigenvalue weighted by molar-refractivity contribution is 0.165. The van der Waals surface area contributed by atoms with Crippen LogP contribution in [0, 0.1) is 5.92 Å². The number of aliphatic hydroxyl groups excluding tert-OH is 1. The Balaban J connectivity index is 1.95. The summed E-state index contributed by atoms with van der Waals surface area (Å²) in [5, 5.41) is 25.7. The molecule has 1 saturated carbocycles. The van der Waals surface area contributed by atoms with Crippen molar-refractivity contribution in [1.82, 2.24) is 9.78 Å². The lowest BCUT2D eigenvalue weighted by Gasteiger charge is -2.27. The summed E-state index contributed by atoms with van der Waals surface area (Å²) in [7, 11) is 1.47. The molecule has 0 saturated heterocycles. The second kappa shape index (κ2) is 6.45. The monoisotopic (exact) mass is 320 g/mol. The van der Waals surface area contributed by atoms with Gasteiger partial charge in [-0.05, 0) is 37.7 Å². The smallest absolute Gasteiger partial charge is 0.409 e. The third-order valence-electron chi connectivity index (χ3n) is 4.33. The lowest BCUT2D eigenvalue weighted by atomic mass is 9.87. The molecule has 0 spiro atoms. The summed E-state index contributed by atoms with van der Waals surface area (Å²) in [4.78, 5) is 10.9. The van der Waals surface area contributed by atoms with Gasteiger partial charge in [0.2, 0.25) is 0 Å². The van der Waals surface area contributed by atoms with E-state index < -0.39 is 12.1 Å². The first kappa shape index (κ1) is 14.3. The number of ether oxygens (including phenoxy) is 1. The second-order valence-corrected chi connectivity index (χ2v) is 5.81. The lowest BCUT2D eigenvalue weighted by Crippen LogP contribution is -2.20. The summed E-state index contributed by atoms with van der Waals surface area (Å²) in [6.45, 7) is 0.165. The van der Waals surface area contributed by atoms with Crippen LogP contribution in [0.2, 0.25) is 0 Å². The SMILES string of the molecule is [2H]C1(n2cc3cc(NC(=O)O)c(OC)cc3n2)CCC(CO)CC1. The second-order valence-electron chi connectivity index (χ2n) is 5.81. The predicted molar refractivity (Wildman–Crippen MR) is 86.0 cm³/mol. The highest BCUT2D eigenvalue weighted by atomic mass is 16.5. The van der Waals surface area contributed by atoms with Gasteiger partial charge in [-0.25, -0.2) is 4.79 Å². The fraction of sp³-hybridized carbons (Fsp3) is 0.500. The van der Waals surface area contributed by atoms with Crippen molar-refractivity contribution in [3.05, 3.63) is 18.3 Å². The maximum Gasteiger partial charge on any atom is 0.409 e. The molecule has 1 fully saturated rings. The molecule has 2 aromatic rings. The Hall–Kier alpha value is -2.28. The normalized spacial score (nSPS) is 25.1. The van der Waals surface area contributed by atoms with Crippen molar-refractivity contribution >= 4 is 22.7 Å². The molecule has 124 valence electrons. The molecule has 0 atom stereocenters. The van der Waals surface area contributed by atoms with E-state index in [1.807, 2.05) is 0 Å². The molecule has 1 amide bonds. The van der Waals surface area contributed by atoms with Crippen LogP contribution in [0.4, 0.5) is 10.5 Å². The first-order valence-corrected chi connectivity index (χ1v) is 7.64. The molecule has 1 aliphatic carbocycles. The van der Waals surface area contributed by atoms with Crippen molar-refractivity contribution < 1.29 is 21.1 Å². The number of aliphatic hydroxyl groups is 1. The van der Waals surface area contributed by atoms with Crippen LogP contribution in [0.5, 0.6) is 5.75 Å². The number of rotatable bonds is 4. The van der Waals surface area contributed by atoms with Crippen LogP contribution < -0.4 is 10.1 Å². The summed E-state index contributed by atoms with van der Waals surface area (Å²) in [5.41, 5.74) is 0.999. The maximum absolute atomic E-state index is 10.9. The van der Waals surface area contributed by atoms with Crippen molar-refractivity contribution in [2.45, 2.75) is 31.7 Å². The van der Waals surface area contributed by atoms with E-state index in [1.165, 1.54) is 7.11 Å². The number of hydrogen-bond acceptors (Lipinski definition) is 4. The number of methoxy groups -OCH3 is 1. The zero-order valence-corrected chi connectivity index (χ0v) is 13.0. The van der Waals surface area contributed by atoms with E-state index in [0.717, 1.165) is 18.2 Å². The number of hydrogen-bond donors (Lipinski definition) is 3. The van der Waals surface area contributed by atoms with E-state index in [4.69, 9.17) is 11.2 Å². The summed E-state index contributed by atoms with van der Waals surface area (Å²) in [6, 6.07) is 2.49. The van der Waals surface area contributed by atoms with Gasteiger partial charge in [0.1, 0.15) is 5.75 Å². The Labute approximate surface area is 135 Å². The van der Waals surface area contributed by atoms with Crippen molar-refractivity contribution in [2.75, 3.05) is 19.0 Å². The molecule has 1 heterocycles. The Kier molecular flexibility index (Phi) is 4.02. The standard InChI is InChI=1S/C16H21N3O4/c1-23-15-7-13-11(6-14(15)17-16(21)22)8-19(18-13)12-4-2-10(9-20)3-5-12/h6-8,10,12,17,20H,2-5,9H2,1H3,(H,21,22)/i12D. The molecule has 23 heavy (non-hydrogen) atoms. The third-order valence-corrected chi connectivity index (χ3v) is 4.33. The zero-order valence-electron chi connectivity index (χ0n) is 14.0. The van der Waals surface area contributed by atoms with E-state index in [9.17, 15) is 9.90 Å². The van der Waals surface area contributed by atoms with Gasteiger partial charge in [-0.1, -0.05) is 0 Å².